The first kappa shape index (κ1) is 13.4. The predicted octanol–water partition coefficient (Wildman–Crippen LogP) is 3.94. The first-order valence-electron chi connectivity index (χ1n) is 7.25. The van der Waals surface area contributed by atoms with Gasteiger partial charge in [-0.25, -0.2) is 0 Å². The summed E-state index contributed by atoms with van der Waals surface area (Å²) in [4.78, 5) is 0. The number of hydrogen-bond donors (Lipinski definition) is 1. The second-order valence-electron chi connectivity index (χ2n) is 5.94. The van der Waals surface area contributed by atoms with E-state index in [1.54, 1.807) is 0 Å². The van der Waals surface area contributed by atoms with Crippen LogP contribution in [0.1, 0.15) is 44.1 Å². The van der Waals surface area contributed by atoms with Crippen LogP contribution in [-0.4, -0.2) is 17.3 Å². The van der Waals surface area contributed by atoms with Gasteiger partial charge >= 0.3 is 0 Å². The smallest absolute Gasteiger partial charge is 0.0735 e. The highest BCUT2D eigenvalue weighted by molar-refractivity contribution is 6.31. The minimum absolute atomic E-state index is 0.0412. The zero-order valence-corrected chi connectivity index (χ0v) is 11.9. The van der Waals surface area contributed by atoms with Crippen molar-refractivity contribution in [1.82, 2.24) is 0 Å². The van der Waals surface area contributed by atoms with Crippen molar-refractivity contribution in [2.45, 2.75) is 57.3 Å². The summed E-state index contributed by atoms with van der Waals surface area (Å²) < 4.78 is 6.06. The lowest BCUT2D eigenvalue weighted by Gasteiger charge is -2.55. The fraction of sp³-hybridized carbons (Fsp3) is 0.625. The minimum atomic E-state index is -0.163. The van der Waals surface area contributed by atoms with Crippen molar-refractivity contribution in [3.05, 3.63) is 34.9 Å². The quantitative estimate of drug-likeness (QED) is 0.909. The summed E-state index contributed by atoms with van der Waals surface area (Å²) in [5, 5.41) is 10.9. The molecular weight excluding hydrogens is 260 g/mol. The minimum Gasteiger partial charge on any atom is -0.392 e. The van der Waals surface area contributed by atoms with E-state index in [1.165, 1.54) is 19.3 Å². The lowest BCUT2D eigenvalue weighted by atomic mass is 9.56. The number of hydrogen-bond acceptors (Lipinski definition) is 2. The number of benzene rings is 1. The van der Waals surface area contributed by atoms with E-state index < -0.39 is 0 Å². The van der Waals surface area contributed by atoms with Crippen molar-refractivity contribution in [3.8, 4) is 0 Å². The van der Waals surface area contributed by atoms with Gasteiger partial charge in [-0.05, 0) is 24.5 Å². The predicted molar refractivity (Wildman–Crippen MR) is 76.2 cm³/mol. The molecule has 1 N–H and O–H groups in total. The number of aliphatic hydroxyl groups is 1. The molecule has 0 radical (unpaired) electrons. The summed E-state index contributed by atoms with van der Waals surface area (Å²) in [6.45, 7) is 0.554. The van der Waals surface area contributed by atoms with E-state index in [0.29, 0.717) is 6.61 Å². The molecule has 2 aliphatic carbocycles. The number of ether oxygens (including phenoxy) is 1. The first-order valence-corrected chi connectivity index (χ1v) is 7.63. The third-order valence-corrected chi connectivity index (χ3v) is 5.29. The topological polar surface area (TPSA) is 29.5 Å². The van der Waals surface area contributed by atoms with E-state index >= 15 is 0 Å². The molecule has 2 fully saturated rings. The molecule has 2 unspecified atom stereocenters. The molecule has 19 heavy (non-hydrogen) atoms. The fourth-order valence-electron chi connectivity index (χ4n) is 3.63. The highest BCUT2D eigenvalue weighted by Crippen LogP contribution is 2.53. The van der Waals surface area contributed by atoms with Crippen molar-refractivity contribution in [1.29, 1.82) is 0 Å². The van der Waals surface area contributed by atoms with Gasteiger partial charge in [0.1, 0.15) is 0 Å². The van der Waals surface area contributed by atoms with Crippen LogP contribution in [0.2, 0.25) is 5.02 Å². The van der Waals surface area contributed by atoms with Crippen LogP contribution in [0.25, 0.3) is 0 Å². The van der Waals surface area contributed by atoms with Gasteiger partial charge < -0.3 is 9.84 Å². The normalized spacial score (nSPS) is 29.2. The molecule has 104 valence electrons. The standard InChI is InChI=1S/C16H21ClO2/c17-13-7-3-2-6-12(13)11-19-15-10-14(18)16(15)8-4-1-5-9-16/h2-3,6-7,14-15,18H,1,4-5,8-11H2. The zero-order valence-electron chi connectivity index (χ0n) is 11.1. The van der Waals surface area contributed by atoms with Crippen molar-refractivity contribution < 1.29 is 9.84 Å². The van der Waals surface area contributed by atoms with E-state index in [-0.39, 0.29) is 17.6 Å². The van der Waals surface area contributed by atoms with E-state index in [2.05, 4.69) is 0 Å². The molecule has 1 spiro atoms. The summed E-state index contributed by atoms with van der Waals surface area (Å²) >= 11 is 6.15. The highest BCUT2D eigenvalue weighted by atomic mass is 35.5. The Bertz CT molecular complexity index is 440. The van der Waals surface area contributed by atoms with Crippen LogP contribution in [0.5, 0.6) is 0 Å². The molecular formula is C16H21ClO2. The summed E-state index contributed by atoms with van der Waals surface area (Å²) in [6, 6.07) is 7.81. The summed E-state index contributed by atoms with van der Waals surface area (Å²) in [5.74, 6) is 0. The molecule has 2 atom stereocenters. The van der Waals surface area contributed by atoms with Crippen molar-refractivity contribution >= 4 is 11.6 Å². The molecule has 0 saturated heterocycles. The van der Waals surface area contributed by atoms with Gasteiger partial charge in [0, 0.05) is 16.9 Å². The maximum absolute atomic E-state index is 10.1. The molecule has 0 heterocycles. The van der Waals surface area contributed by atoms with E-state index in [9.17, 15) is 5.11 Å². The second-order valence-corrected chi connectivity index (χ2v) is 6.34. The summed E-state index contributed by atoms with van der Waals surface area (Å²) in [6.07, 6.45) is 6.80. The van der Waals surface area contributed by atoms with E-state index in [0.717, 1.165) is 29.8 Å². The number of aliphatic hydroxyl groups excluding tert-OH is 1. The van der Waals surface area contributed by atoms with Gasteiger partial charge in [0.15, 0.2) is 0 Å². The molecule has 2 saturated carbocycles. The Kier molecular flexibility index (Phi) is 3.84. The van der Waals surface area contributed by atoms with E-state index in [1.807, 2.05) is 24.3 Å². The Hall–Kier alpha value is -0.570. The largest absolute Gasteiger partial charge is 0.392 e. The lowest BCUT2D eigenvalue weighted by molar-refractivity contribution is -0.210. The fourth-order valence-corrected chi connectivity index (χ4v) is 3.82. The SMILES string of the molecule is OC1CC(OCc2ccccc2Cl)C12CCCCC2. The number of rotatable bonds is 3. The third-order valence-electron chi connectivity index (χ3n) is 4.92. The molecule has 1 aromatic rings. The first-order chi connectivity index (χ1) is 9.22. The Labute approximate surface area is 119 Å². The highest BCUT2D eigenvalue weighted by Gasteiger charge is 2.55. The lowest BCUT2D eigenvalue weighted by Crippen LogP contribution is -2.58. The van der Waals surface area contributed by atoms with Crippen LogP contribution in [0.15, 0.2) is 24.3 Å². The zero-order chi connectivity index (χ0) is 13.3. The van der Waals surface area contributed by atoms with Gasteiger partial charge in [-0.2, -0.15) is 0 Å². The van der Waals surface area contributed by atoms with E-state index in [4.69, 9.17) is 16.3 Å². The Balaban J connectivity index is 1.63. The molecule has 3 rings (SSSR count). The molecule has 0 aromatic heterocycles. The molecule has 0 amide bonds. The van der Waals surface area contributed by atoms with Gasteiger partial charge in [0.2, 0.25) is 0 Å². The maximum atomic E-state index is 10.1. The van der Waals surface area contributed by atoms with Crippen molar-refractivity contribution in [3.63, 3.8) is 0 Å². The monoisotopic (exact) mass is 280 g/mol. The summed E-state index contributed by atoms with van der Waals surface area (Å²) in [5.41, 5.74) is 1.08. The molecule has 0 bridgehead atoms. The van der Waals surface area contributed by atoms with Crippen molar-refractivity contribution in [2.24, 2.45) is 5.41 Å². The molecule has 2 nitrogen and oxygen atoms in total. The number of halogens is 1. The average molecular weight is 281 g/mol. The van der Waals surface area contributed by atoms with Crippen molar-refractivity contribution in [2.75, 3.05) is 0 Å². The van der Waals surface area contributed by atoms with Gasteiger partial charge in [-0.3, -0.25) is 0 Å². The van der Waals surface area contributed by atoms with Crippen LogP contribution >= 0.6 is 11.6 Å². The average Bonchev–Trinajstić information content (AvgIpc) is 2.46. The molecule has 1 aromatic carbocycles. The Morgan fingerprint density at radius 1 is 1.21 bits per heavy atom. The molecule has 0 aliphatic heterocycles. The molecule has 3 heteroatoms. The van der Waals surface area contributed by atoms with Crippen LogP contribution in [-0.2, 0) is 11.3 Å². The third kappa shape index (κ3) is 2.42. The molecule has 2 aliphatic rings. The van der Waals surface area contributed by atoms with Crippen LogP contribution in [0.3, 0.4) is 0 Å². The van der Waals surface area contributed by atoms with Gasteiger partial charge in [-0.1, -0.05) is 49.1 Å². The maximum Gasteiger partial charge on any atom is 0.0735 e. The second kappa shape index (κ2) is 5.43. The van der Waals surface area contributed by atoms with Crippen LogP contribution in [0.4, 0.5) is 0 Å². The summed E-state index contributed by atoms with van der Waals surface area (Å²) in [7, 11) is 0. The Morgan fingerprint density at radius 3 is 2.63 bits per heavy atom. The van der Waals surface area contributed by atoms with Crippen LogP contribution in [0, 0.1) is 5.41 Å². The van der Waals surface area contributed by atoms with Gasteiger partial charge in [0.25, 0.3) is 0 Å². The van der Waals surface area contributed by atoms with Crippen LogP contribution < -0.4 is 0 Å². The van der Waals surface area contributed by atoms with Gasteiger partial charge in [-0.15, -0.1) is 0 Å². The Morgan fingerprint density at radius 2 is 1.95 bits per heavy atom. The van der Waals surface area contributed by atoms with Gasteiger partial charge in [0.05, 0.1) is 18.8 Å².